The topological polar surface area (TPSA) is 164 Å². The fourth-order valence-corrected chi connectivity index (χ4v) is 8.33. The van der Waals surface area contributed by atoms with Crippen molar-refractivity contribution in [2.24, 2.45) is 4.99 Å². The number of fused-ring (bicyclic) bond motifs is 2. The average molecular weight is 800 g/mol. The van der Waals surface area contributed by atoms with E-state index >= 15 is 0 Å². The second kappa shape index (κ2) is 14.6. The molecule has 4 heterocycles. The van der Waals surface area contributed by atoms with Crippen LogP contribution in [0.15, 0.2) is 110 Å². The summed E-state index contributed by atoms with van der Waals surface area (Å²) in [5, 5.41) is 20.4. The normalized spacial score (nSPS) is 14.9. The summed E-state index contributed by atoms with van der Waals surface area (Å²) in [4.78, 5) is 49.8. The van der Waals surface area contributed by atoms with Crippen LogP contribution in [0.5, 0.6) is 11.5 Å². The Morgan fingerprint density at radius 1 is 1.09 bits per heavy atom. The highest BCUT2D eigenvalue weighted by Gasteiger charge is 2.36. The van der Waals surface area contributed by atoms with Crippen molar-refractivity contribution in [3.8, 4) is 22.9 Å². The summed E-state index contributed by atoms with van der Waals surface area (Å²) < 4.78 is 18.4. The van der Waals surface area contributed by atoms with Gasteiger partial charge in [0.2, 0.25) is 11.9 Å². The maximum absolute atomic E-state index is 14.4. The number of H-pyrrole nitrogens is 1. The van der Waals surface area contributed by atoms with Gasteiger partial charge in [0.15, 0.2) is 22.1 Å². The largest absolute Gasteiger partial charge is 0.463 e. The van der Waals surface area contributed by atoms with Crippen molar-refractivity contribution in [3.63, 3.8) is 0 Å². The van der Waals surface area contributed by atoms with E-state index in [4.69, 9.17) is 42.4 Å². The Hall–Kier alpha value is -5.74. The van der Waals surface area contributed by atoms with E-state index < -0.39 is 22.5 Å². The molecule has 6 aromatic rings. The number of nitro groups is 1. The number of aromatic amines is 1. The predicted molar refractivity (Wildman–Crippen MR) is 203 cm³/mol. The molecule has 0 spiro atoms. The van der Waals surface area contributed by atoms with Crippen molar-refractivity contribution in [1.29, 1.82) is 0 Å². The van der Waals surface area contributed by atoms with Crippen molar-refractivity contribution in [1.82, 2.24) is 19.7 Å². The standard InChI is InChI=1S/C37H24Cl2N6O7S2/c1-2-50-35(47)30-31(20-6-4-3-5-7-20)40-37-44(32(30)21-9-12-26-27(16-21)52-18-51-26)34(46)29(54-37)15-19-8-13-28(25(14-19)45(48)49)53-36-41-33(42-43-36)23-11-10-22(38)17-24(23)39/h3-17,32H,2,18H2,1H3,(H,41,42,43)/b29-15+/t32-/m1/s1. The van der Waals surface area contributed by atoms with Crippen molar-refractivity contribution in [3.05, 3.63) is 147 Å². The molecule has 0 bridgehead atoms. The van der Waals surface area contributed by atoms with Crippen LogP contribution < -0.4 is 24.4 Å². The number of ether oxygens (including phenoxy) is 3. The number of halogens is 2. The Kier molecular flexibility index (Phi) is 9.54. The van der Waals surface area contributed by atoms with Gasteiger partial charge in [0.05, 0.1) is 43.3 Å². The van der Waals surface area contributed by atoms with E-state index in [0.717, 1.165) is 23.1 Å². The minimum absolute atomic E-state index is 0.0400. The zero-order chi connectivity index (χ0) is 37.5. The fourth-order valence-electron chi connectivity index (χ4n) is 6.04. The lowest BCUT2D eigenvalue weighted by molar-refractivity contribution is -0.387. The number of esters is 1. The van der Waals surface area contributed by atoms with Gasteiger partial charge in [0, 0.05) is 22.2 Å². The molecule has 4 aromatic carbocycles. The molecule has 0 aliphatic carbocycles. The highest BCUT2D eigenvalue weighted by Crippen LogP contribution is 2.40. The van der Waals surface area contributed by atoms with Gasteiger partial charge >= 0.3 is 5.97 Å². The van der Waals surface area contributed by atoms with Crippen LogP contribution in [0.3, 0.4) is 0 Å². The van der Waals surface area contributed by atoms with Gasteiger partial charge in [0.1, 0.15) is 0 Å². The maximum Gasteiger partial charge on any atom is 0.338 e. The summed E-state index contributed by atoms with van der Waals surface area (Å²) in [7, 11) is 0. The molecule has 2 aromatic heterocycles. The average Bonchev–Trinajstić information content (AvgIpc) is 3.91. The molecule has 17 heteroatoms. The first-order valence-corrected chi connectivity index (χ1v) is 18.6. The third kappa shape index (κ3) is 6.66. The molecule has 1 N–H and O–H groups in total. The molecule has 2 aliphatic rings. The zero-order valence-corrected chi connectivity index (χ0v) is 31.0. The van der Waals surface area contributed by atoms with Crippen molar-refractivity contribution < 1.29 is 23.9 Å². The molecule has 13 nitrogen and oxygen atoms in total. The lowest BCUT2D eigenvalue weighted by Gasteiger charge is -2.26. The van der Waals surface area contributed by atoms with E-state index in [1.54, 1.807) is 61.5 Å². The first-order chi connectivity index (χ1) is 26.2. The molecule has 0 unspecified atom stereocenters. The van der Waals surface area contributed by atoms with Gasteiger partial charge in [-0.3, -0.25) is 24.6 Å². The molecule has 2 aliphatic heterocycles. The molecule has 0 radical (unpaired) electrons. The number of aromatic nitrogens is 4. The first-order valence-electron chi connectivity index (χ1n) is 16.2. The van der Waals surface area contributed by atoms with Crippen molar-refractivity contribution >= 4 is 69.7 Å². The second-order valence-corrected chi connectivity index (χ2v) is 14.6. The number of nitrogens with one attached hydrogen (secondary N) is 1. The summed E-state index contributed by atoms with van der Waals surface area (Å²) in [6.07, 6.45) is 1.56. The maximum atomic E-state index is 14.4. The van der Waals surface area contributed by atoms with Crippen LogP contribution in [-0.2, 0) is 9.53 Å². The van der Waals surface area contributed by atoms with Gasteiger partial charge in [-0.25, -0.2) is 14.8 Å². The Bertz CT molecular complexity index is 2710. The molecule has 0 saturated carbocycles. The summed E-state index contributed by atoms with van der Waals surface area (Å²) in [6, 6.07) is 23.0. The molecule has 270 valence electrons. The monoisotopic (exact) mass is 798 g/mol. The van der Waals surface area contributed by atoms with E-state index in [-0.39, 0.29) is 39.2 Å². The molecule has 54 heavy (non-hydrogen) atoms. The fraction of sp³-hybridized carbons (Fsp3) is 0.108. The first kappa shape index (κ1) is 35.3. The number of carbonyl (C=O) groups is 1. The van der Waals surface area contributed by atoms with E-state index in [1.165, 1.54) is 10.6 Å². The SMILES string of the molecule is CCOC(=O)C1=C(c2ccccc2)N=c2s/c(=C/c3ccc(Sc4n[nH]c(-c5ccc(Cl)cc5Cl)n4)c([N+](=O)[O-])c3)c(=O)n2[C@@H]1c1ccc2c(c1)OCO2. The van der Waals surface area contributed by atoms with Crippen LogP contribution in [0.1, 0.15) is 29.7 Å². The molecular formula is C37H24Cl2N6O7S2. The van der Waals surface area contributed by atoms with Crippen molar-refractivity contribution in [2.45, 2.75) is 23.0 Å². The Morgan fingerprint density at radius 2 is 1.91 bits per heavy atom. The van der Waals surface area contributed by atoms with Crippen molar-refractivity contribution in [2.75, 3.05) is 13.4 Å². The molecule has 1 atom stereocenters. The summed E-state index contributed by atoms with van der Waals surface area (Å²) >= 11 is 14.4. The lowest BCUT2D eigenvalue weighted by Crippen LogP contribution is -2.40. The highest BCUT2D eigenvalue weighted by atomic mass is 35.5. The zero-order valence-electron chi connectivity index (χ0n) is 27.8. The summed E-state index contributed by atoms with van der Waals surface area (Å²) in [5.74, 6) is 0.745. The van der Waals surface area contributed by atoms with E-state index in [0.29, 0.717) is 60.1 Å². The Morgan fingerprint density at radius 3 is 2.69 bits per heavy atom. The van der Waals surface area contributed by atoms with Gasteiger partial charge in [-0.05, 0) is 72.3 Å². The minimum atomic E-state index is -0.950. The molecule has 0 amide bonds. The minimum Gasteiger partial charge on any atom is -0.463 e. The van der Waals surface area contributed by atoms with Crippen LogP contribution >= 0.6 is 46.3 Å². The van der Waals surface area contributed by atoms with E-state index in [2.05, 4.69) is 15.2 Å². The van der Waals surface area contributed by atoms with Crippen LogP contribution in [0.25, 0.3) is 23.2 Å². The number of hydrogen-bond donors (Lipinski definition) is 1. The smallest absolute Gasteiger partial charge is 0.338 e. The van der Waals surface area contributed by atoms with Gasteiger partial charge < -0.3 is 14.2 Å². The van der Waals surface area contributed by atoms with Crippen LogP contribution in [0.2, 0.25) is 10.0 Å². The number of rotatable bonds is 9. The van der Waals surface area contributed by atoms with Crippen LogP contribution in [-0.4, -0.2) is 44.0 Å². The van der Waals surface area contributed by atoms with Crippen LogP contribution in [0, 0.1) is 10.1 Å². The molecule has 0 fully saturated rings. The third-order valence-electron chi connectivity index (χ3n) is 8.42. The molecule has 0 saturated heterocycles. The number of nitro benzene ring substituents is 1. The predicted octanol–water partition coefficient (Wildman–Crippen LogP) is 6.82. The Balaban J connectivity index is 1.22. The number of carbonyl (C=O) groups excluding carboxylic acids is 1. The number of nitrogens with zero attached hydrogens (tertiary/aromatic N) is 5. The van der Waals surface area contributed by atoms with Gasteiger partial charge in [0.25, 0.3) is 11.2 Å². The summed E-state index contributed by atoms with van der Waals surface area (Å²) in [6.45, 7) is 1.84. The number of benzene rings is 4. The quantitative estimate of drug-likeness (QED) is 0.0933. The van der Waals surface area contributed by atoms with E-state index in [9.17, 15) is 19.7 Å². The third-order valence-corrected chi connectivity index (χ3v) is 10.9. The van der Waals surface area contributed by atoms with Gasteiger partial charge in [-0.2, -0.15) is 0 Å². The number of hydrogen-bond acceptors (Lipinski definition) is 12. The van der Waals surface area contributed by atoms with Gasteiger partial charge in [-0.1, -0.05) is 77.0 Å². The second-order valence-electron chi connectivity index (χ2n) is 11.7. The molecular weight excluding hydrogens is 775 g/mol. The molecule has 8 rings (SSSR count). The highest BCUT2D eigenvalue weighted by molar-refractivity contribution is 7.99. The number of thiazole rings is 1. The van der Waals surface area contributed by atoms with E-state index in [1.807, 2.05) is 30.3 Å². The Labute approximate surface area is 323 Å². The lowest BCUT2D eigenvalue weighted by atomic mass is 9.93. The van der Waals surface area contributed by atoms with Gasteiger partial charge in [-0.15, -0.1) is 5.10 Å². The summed E-state index contributed by atoms with van der Waals surface area (Å²) in [5.41, 5.74) is 2.05. The van der Waals surface area contributed by atoms with Crippen LogP contribution in [0.4, 0.5) is 5.69 Å².